The van der Waals surface area contributed by atoms with Gasteiger partial charge in [-0.3, -0.25) is 9.59 Å². The fourth-order valence-corrected chi connectivity index (χ4v) is 8.08. The zero-order chi connectivity index (χ0) is 26.5. The summed E-state index contributed by atoms with van der Waals surface area (Å²) < 4.78 is 36.1. The van der Waals surface area contributed by atoms with Gasteiger partial charge in [0.2, 0.25) is 11.6 Å². The van der Waals surface area contributed by atoms with E-state index in [1.807, 2.05) is 24.3 Å². The number of cyclic esters (lactones) is 2. The van der Waals surface area contributed by atoms with Gasteiger partial charge in [0, 0.05) is 26.1 Å². The van der Waals surface area contributed by atoms with Crippen LogP contribution in [0.25, 0.3) is 0 Å². The molecule has 7 rings (SSSR count). The van der Waals surface area contributed by atoms with E-state index in [0.717, 1.165) is 22.3 Å². The molecule has 38 heavy (non-hydrogen) atoms. The smallest absolute Gasteiger partial charge is 0.314 e. The van der Waals surface area contributed by atoms with Gasteiger partial charge in [-0.1, -0.05) is 48.5 Å². The fourth-order valence-electron chi connectivity index (χ4n) is 8.08. The number of hydrogen-bond donors (Lipinski definition) is 0. The Balaban J connectivity index is 1.32. The Morgan fingerprint density at radius 3 is 1.47 bits per heavy atom. The number of fused-ring (bicyclic) bond motifs is 6. The SMILES string of the molecule is CO[C@]1(C)O[C@H]2COC(=O)[C@]34Cc5ccccc5[C@H]3[C@@H]3c5ccccc5C[C@@]34C(=O)OC[C@@H]2O[C@@]1(C)OC. The molecular weight excluding hydrogens is 488 g/mol. The number of esters is 2. The van der Waals surface area contributed by atoms with E-state index in [9.17, 15) is 9.59 Å². The van der Waals surface area contributed by atoms with E-state index in [1.165, 1.54) is 14.2 Å². The quantitative estimate of drug-likeness (QED) is 0.558. The Bertz CT molecular complexity index is 1240. The van der Waals surface area contributed by atoms with Gasteiger partial charge in [0.05, 0.1) is 10.8 Å². The lowest BCUT2D eigenvalue weighted by Crippen LogP contribution is -2.70. The number of rotatable bonds is 2. The summed E-state index contributed by atoms with van der Waals surface area (Å²) in [4.78, 5) is 28.6. The summed E-state index contributed by atoms with van der Waals surface area (Å²) in [5, 5.41) is 0. The Labute approximate surface area is 221 Å². The second-order valence-electron chi connectivity index (χ2n) is 11.5. The molecule has 0 radical (unpaired) electrons. The van der Waals surface area contributed by atoms with E-state index in [-0.39, 0.29) is 37.0 Å². The van der Waals surface area contributed by atoms with Gasteiger partial charge in [-0.2, -0.15) is 0 Å². The predicted octanol–water partition coefficient (Wildman–Crippen LogP) is 3.26. The average Bonchev–Trinajstić information content (AvgIpc) is 3.39. The van der Waals surface area contributed by atoms with Crippen molar-refractivity contribution in [2.24, 2.45) is 10.8 Å². The molecule has 5 aliphatic rings. The molecule has 8 nitrogen and oxygen atoms in total. The van der Waals surface area contributed by atoms with Gasteiger partial charge < -0.3 is 28.4 Å². The van der Waals surface area contributed by atoms with Crippen molar-refractivity contribution in [1.82, 2.24) is 0 Å². The molecular formula is C30H32O8. The first-order chi connectivity index (χ1) is 18.2. The zero-order valence-corrected chi connectivity index (χ0v) is 22.0. The summed E-state index contributed by atoms with van der Waals surface area (Å²) in [5.41, 5.74) is 2.30. The molecule has 0 bridgehead atoms. The van der Waals surface area contributed by atoms with Crippen LogP contribution in [0.15, 0.2) is 48.5 Å². The van der Waals surface area contributed by atoms with Crippen LogP contribution in [0.3, 0.4) is 0 Å². The van der Waals surface area contributed by atoms with E-state index >= 15 is 0 Å². The third kappa shape index (κ3) is 2.69. The average molecular weight is 521 g/mol. The molecule has 3 aliphatic carbocycles. The highest BCUT2D eigenvalue weighted by molar-refractivity contribution is 5.97. The van der Waals surface area contributed by atoms with Crippen LogP contribution in [0.1, 0.15) is 47.9 Å². The summed E-state index contributed by atoms with van der Waals surface area (Å²) in [5.74, 6) is -3.65. The molecule has 2 spiro atoms. The summed E-state index contributed by atoms with van der Waals surface area (Å²) in [6, 6.07) is 16.2. The van der Waals surface area contributed by atoms with Gasteiger partial charge in [0.1, 0.15) is 25.4 Å². The van der Waals surface area contributed by atoms with Crippen LogP contribution >= 0.6 is 0 Å². The summed E-state index contributed by atoms with van der Waals surface area (Å²) in [6.07, 6.45) is -0.557. The highest BCUT2D eigenvalue weighted by Gasteiger charge is 2.84. The van der Waals surface area contributed by atoms with Crippen molar-refractivity contribution in [3.63, 3.8) is 0 Å². The molecule has 0 aromatic heterocycles. The minimum Gasteiger partial charge on any atom is -0.462 e. The largest absolute Gasteiger partial charge is 0.462 e. The van der Waals surface area contributed by atoms with Gasteiger partial charge in [0.25, 0.3) is 0 Å². The second-order valence-corrected chi connectivity index (χ2v) is 11.5. The van der Waals surface area contributed by atoms with Crippen LogP contribution < -0.4 is 0 Å². The minimum atomic E-state index is -1.27. The fraction of sp³-hybridized carbons (Fsp3) is 0.533. The summed E-state index contributed by atoms with van der Waals surface area (Å²) >= 11 is 0. The Kier molecular flexibility index (Phi) is 5.03. The summed E-state index contributed by atoms with van der Waals surface area (Å²) in [6.45, 7) is 3.31. The highest BCUT2D eigenvalue weighted by atomic mass is 16.8. The van der Waals surface area contributed by atoms with Crippen LogP contribution in [-0.2, 0) is 50.9 Å². The molecule has 0 N–H and O–H groups in total. The number of methoxy groups -OCH3 is 2. The lowest BCUT2D eigenvalue weighted by Gasteiger charge is -2.61. The van der Waals surface area contributed by atoms with E-state index in [2.05, 4.69) is 24.3 Å². The minimum absolute atomic E-state index is 0.0572. The van der Waals surface area contributed by atoms with E-state index in [1.54, 1.807) is 13.8 Å². The number of ether oxygens (including phenoxy) is 6. The van der Waals surface area contributed by atoms with Crippen molar-refractivity contribution in [3.8, 4) is 0 Å². The molecule has 200 valence electrons. The van der Waals surface area contributed by atoms with Gasteiger partial charge in [-0.25, -0.2) is 0 Å². The molecule has 3 fully saturated rings. The van der Waals surface area contributed by atoms with Gasteiger partial charge in [-0.15, -0.1) is 0 Å². The maximum atomic E-state index is 14.3. The Morgan fingerprint density at radius 1 is 0.684 bits per heavy atom. The first kappa shape index (κ1) is 24.3. The molecule has 1 saturated carbocycles. The number of hydrogen-bond acceptors (Lipinski definition) is 8. The molecule has 2 aromatic carbocycles. The van der Waals surface area contributed by atoms with Crippen LogP contribution in [0.4, 0.5) is 0 Å². The molecule has 8 heteroatoms. The first-order valence-corrected chi connectivity index (χ1v) is 13.2. The molecule has 2 heterocycles. The molecule has 0 amide bonds. The molecule has 2 saturated heterocycles. The molecule has 0 unspecified atom stereocenters. The normalized spacial score (nSPS) is 42.7. The third-order valence-corrected chi connectivity index (χ3v) is 10.2. The van der Waals surface area contributed by atoms with Crippen LogP contribution in [-0.4, -0.2) is 63.2 Å². The lowest BCUT2D eigenvalue weighted by molar-refractivity contribution is -0.451. The van der Waals surface area contributed by atoms with Crippen molar-refractivity contribution < 1.29 is 38.0 Å². The van der Waals surface area contributed by atoms with Crippen molar-refractivity contribution in [3.05, 3.63) is 70.8 Å². The maximum Gasteiger partial charge on any atom is 0.314 e. The van der Waals surface area contributed by atoms with Crippen LogP contribution in [0.2, 0.25) is 0 Å². The molecule has 2 aliphatic heterocycles. The number of benzene rings is 2. The third-order valence-electron chi connectivity index (χ3n) is 10.2. The van der Waals surface area contributed by atoms with Crippen molar-refractivity contribution >= 4 is 11.9 Å². The van der Waals surface area contributed by atoms with E-state index < -0.39 is 34.6 Å². The van der Waals surface area contributed by atoms with Gasteiger partial charge >= 0.3 is 11.9 Å². The standard InChI is InChI=1S/C30H32O8/c1-27(33-3)28(2,34-4)38-22-16-36-26(32)30-14-18-10-6-8-12-20(18)24(30)23-19-11-7-5-9-17(19)13-29(23,30)25(31)35-15-21(22)37-27/h5-12,21-24H,13-16H2,1-4H3/t21-,22-,23-,24-,27+,28+,29-,30-/m0/s1. The van der Waals surface area contributed by atoms with E-state index in [4.69, 9.17) is 28.4 Å². The maximum absolute atomic E-state index is 14.3. The summed E-state index contributed by atoms with van der Waals surface area (Å²) in [7, 11) is 3.00. The van der Waals surface area contributed by atoms with Crippen molar-refractivity contribution in [2.45, 2.75) is 62.3 Å². The number of carbonyl (C=O) groups is 2. The molecule has 8 atom stereocenters. The second kappa shape index (κ2) is 7.88. The number of carbonyl (C=O) groups excluding carboxylic acids is 2. The zero-order valence-electron chi connectivity index (χ0n) is 22.0. The Morgan fingerprint density at radius 2 is 1.08 bits per heavy atom. The Hall–Kier alpha value is -2.78. The van der Waals surface area contributed by atoms with Gasteiger partial charge in [0.15, 0.2) is 0 Å². The van der Waals surface area contributed by atoms with E-state index in [0.29, 0.717) is 12.8 Å². The highest BCUT2D eigenvalue weighted by Crippen LogP contribution is 2.81. The predicted molar refractivity (Wildman–Crippen MR) is 133 cm³/mol. The van der Waals surface area contributed by atoms with Crippen LogP contribution in [0, 0.1) is 10.8 Å². The monoisotopic (exact) mass is 520 g/mol. The van der Waals surface area contributed by atoms with Crippen molar-refractivity contribution in [2.75, 3.05) is 27.4 Å². The molecule has 2 aromatic rings. The van der Waals surface area contributed by atoms with Crippen molar-refractivity contribution in [1.29, 1.82) is 0 Å². The first-order valence-electron chi connectivity index (χ1n) is 13.2. The topological polar surface area (TPSA) is 89.5 Å². The lowest BCUT2D eigenvalue weighted by atomic mass is 9.38. The van der Waals surface area contributed by atoms with Crippen LogP contribution in [0.5, 0.6) is 0 Å². The van der Waals surface area contributed by atoms with Gasteiger partial charge in [-0.05, 0) is 48.9 Å².